The summed E-state index contributed by atoms with van der Waals surface area (Å²) in [6.45, 7) is 4.17. The van der Waals surface area contributed by atoms with Gasteiger partial charge in [0.25, 0.3) is 5.91 Å². The Bertz CT molecular complexity index is 675. The molecule has 1 aliphatic heterocycles. The summed E-state index contributed by atoms with van der Waals surface area (Å²) in [5.41, 5.74) is 2.30. The number of hydrogen-bond acceptors (Lipinski definition) is 5. The summed E-state index contributed by atoms with van der Waals surface area (Å²) in [5, 5.41) is 12.6. The number of amides is 1. The van der Waals surface area contributed by atoms with Crippen molar-refractivity contribution < 1.29 is 9.90 Å². The van der Waals surface area contributed by atoms with Crippen molar-refractivity contribution in [1.29, 1.82) is 0 Å². The molecule has 2 heterocycles. The second kappa shape index (κ2) is 7.51. The Morgan fingerprint density at radius 3 is 2.71 bits per heavy atom. The standard InChI is InChI=1S/C18H22N4O2/c1-13-7-20-16(8-19-13)18(24)21-17-11-22(10-15(17)12-23)9-14-5-3-2-4-6-14/h2-8,15,17,23H,9-12H2,1H3,(H,21,24)/t15-,17+/m0/s1. The van der Waals surface area contributed by atoms with Crippen LogP contribution in [0.4, 0.5) is 0 Å². The van der Waals surface area contributed by atoms with Gasteiger partial charge in [0, 0.05) is 44.4 Å². The highest BCUT2D eigenvalue weighted by molar-refractivity contribution is 5.92. The predicted octanol–water partition coefficient (Wildman–Crippen LogP) is 1.01. The van der Waals surface area contributed by atoms with Gasteiger partial charge in [-0.15, -0.1) is 0 Å². The molecule has 1 aromatic carbocycles. The summed E-state index contributed by atoms with van der Waals surface area (Å²) in [6.07, 6.45) is 3.06. The third-order valence-corrected chi connectivity index (χ3v) is 4.33. The number of rotatable bonds is 5. The lowest BCUT2D eigenvalue weighted by Gasteiger charge is -2.17. The third-order valence-electron chi connectivity index (χ3n) is 4.33. The Labute approximate surface area is 141 Å². The number of aliphatic hydroxyl groups excluding tert-OH is 1. The van der Waals surface area contributed by atoms with Crippen molar-refractivity contribution in [3.63, 3.8) is 0 Å². The molecule has 0 unspecified atom stereocenters. The number of aromatic nitrogens is 2. The summed E-state index contributed by atoms with van der Waals surface area (Å²) in [6, 6.07) is 10.1. The molecule has 1 amide bonds. The molecule has 126 valence electrons. The Balaban J connectivity index is 1.62. The van der Waals surface area contributed by atoms with E-state index in [1.807, 2.05) is 25.1 Å². The second-order valence-electron chi connectivity index (χ2n) is 6.25. The molecule has 0 spiro atoms. The minimum Gasteiger partial charge on any atom is -0.396 e. The van der Waals surface area contributed by atoms with E-state index in [2.05, 4.69) is 32.3 Å². The zero-order valence-corrected chi connectivity index (χ0v) is 13.7. The molecule has 2 aromatic rings. The maximum atomic E-state index is 12.3. The predicted molar refractivity (Wildman–Crippen MR) is 90.3 cm³/mol. The molecule has 1 saturated heterocycles. The number of nitrogens with zero attached hydrogens (tertiary/aromatic N) is 3. The van der Waals surface area contributed by atoms with Crippen molar-refractivity contribution in [2.45, 2.75) is 19.5 Å². The van der Waals surface area contributed by atoms with E-state index in [1.54, 1.807) is 6.20 Å². The number of carbonyl (C=O) groups is 1. The lowest BCUT2D eigenvalue weighted by atomic mass is 10.1. The van der Waals surface area contributed by atoms with Crippen LogP contribution in [0.1, 0.15) is 21.7 Å². The van der Waals surface area contributed by atoms with Crippen LogP contribution in [-0.2, 0) is 6.54 Å². The Morgan fingerprint density at radius 1 is 1.25 bits per heavy atom. The highest BCUT2D eigenvalue weighted by Gasteiger charge is 2.33. The van der Waals surface area contributed by atoms with E-state index in [0.29, 0.717) is 12.2 Å². The average molecular weight is 326 g/mol. The molecule has 0 saturated carbocycles. The van der Waals surface area contributed by atoms with Gasteiger partial charge in [-0.1, -0.05) is 30.3 Å². The number of nitrogens with one attached hydrogen (secondary N) is 1. The summed E-state index contributed by atoms with van der Waals surface area (Å²) in [5.74, 6) is -0.219. The van der Waals surface area contributed by atoms with Gasteiger partial charge in [-0.25, -0.2) is 4.98 Å². The van der Waals surface area contributed by atoms with Crippen LogP contribution >= 0.6 is 0 Å². The van der Waals surface area contributed by atoms with Crippen LogP contribution in [0, 0.1) is 12.8 Å². The lowest BCUT2D eigenvalue weighted by molar-refractivity contribution is 0.0915. The van der Waals surface area contributed by atoms with Crippen LogP contribution < -0.4 is 5.32 Å². The first kappa shape index (κ1) is 16.5. The molecule has 1 fully saturated rings. The van der Waals surface area contributed by atoms with Crippen LogP contribution in [0.2, 0.25) is 0 Å². The maximum absolute atomic E-state index is 12.3. The highest BCUT2D eigenvalue weighted by Crippen LogP contribution is 2.19. The fourth-order valence-corrected chi connectivity index (χ4v) is 3.03. The quantitative estimate of drug-likeness (QED) is 0.857. The number of aliphatic hydroxyl groups is 1. The first-order valence-corrected chi connectivity index (χ1v) is 8.12. The molecule has 6 heteroatoms. The third kappa shape index (κ3) is 3.96. The van der Waals surface area contributed by atoms with E-state index in [0.717, 1.165) is 18.8 Å². The normalized spacial score (nSPS) is 20.9. The molecule has 2 N–H and O–H groups in total. The average Bonchev–Trinajstić information content (AvgIpc) is 2.97. The summed E-state index contributed by atoms with van der Waals surface area (Å²) < 4.78 is 0. The molecule has 0 aliphatic carbocycles. The molecular formula is C18H22N4O2. The van der Waals surface area contributed by atoms with Gasteiger partial charge in [0.15, 0.2) is 0 Å². The van der Waals surface area contributed by atoms with E-state index in [9.17, 15) is 9.90 Å². The van der Waals surface area contributed by atoms with Gasteiger partial charge in [0.2, 0.25) is 0 Å². The van der Waals surface area contributed by atoms with E-state index in [-0.39, 0.29) is 24.5 Å². The van der Waals surface area contributed by atoms with Crippen LogP contribution in [0.25, 0.3) is 0 Å². The molecular weight excluding hydrogens is 304 g/mol. The molecule has 0 bridgehead atoms. The van der Waals surface area contributed by atoms with Crippen molar-refractivity contribution in [3.05, 3.63) is 59.7 Å². The first-order valence-electron chi connectivity index (χ1n) is 8.12. The van der Waals surface area contributed by atoms with Gasteiger partial charge in [0.1, 0.15) is 5.69 Å². The van der Waals surface area contributed by atoms with Crippen molar-refractivity contribution in [1.82, 2.24) is 20.2 Å². The number of benzene rings is 1. The zero-order chi connectivity index (χ0) is 16.9. The largest absolute Gasteiger partial charge is 0.396 e. The Morgan fingerprint density at radius 2 is 2.04 bits per heavy atom. The Kier molecular flexibility index (Phi) is 5.17. The number of carbonyl (C=O) groups excluding carboxylic acids is 1. The van der Waals surface area contributed by atoms with E-state index >= 15 is 0 Å². The molecule has 3 rings (SSSR count). The van der Waals surface area contributed by atoms with Gasteiger partial charge in [-0.2, -0.15) is 0 Å². The van der Waals surface area contributed by atoms with Crippen LogP contribution in [0.15, 0.2) is 42.7 Å². The van der Waals surface area contributed by atoms with Gasteiger partial charge < -0.3 is 10.4 Å². The monoisotopic (exact) mass is 326 g/mol. The summed E-state index contributed by atoms with van der Waals surface area (Å²) in [7, 11) is 0. The molecule has 0 radical (unpaired) electrons. The van der Waals surface area contributed by atoms with Gasteiger partial charge in [-0.3, -0.25) is 14.7 Å². The van der Waals surface area contributed by atoms with Crippen molar-refractivity contribution >= 4 is 5.91 Å². The van der Waals surface area contributed by atoms with Crippen LogP contribution in [0.5, 0.6) is 0 Å². The van der Waals surface area contributed by atoms with Gasteiger partial charge >= 0.3 is 0 Å². The Hall–Kier alpha value is -2.31. The number of aryl methyl sites for hydroxylation is 1. The number of hydrogen-bond donors (Lipinski definition) is 2. The molecule has 1 aromatic heterocycles. The topological polar surface area (TPSA) is 78.4 Å². The molecule has 2 atom stereocenters. The SMILES string of the molecule is Cc1cnc(C(=O)N[C@@H]2CN(Cc3ccccc3)C[C@H]2CO)cn1. The van der Waals surface area contributed by atoms with E-state index in [4.69, 9.17) is 0 Å². The smallest absolute Gasteiger partial charge is 0.271 e. The molecule has 1 aliphatic rings. The molecule has 6 nitrogen and oxygen atoms in total. The van der Waals surface area contributed by atoms with Gasteiger partial charge in [0.05, 0.1) is 11.9 Å². The second-order valence-corrected chi connectivity index (χ2v) is 6.25. The molecule has 24 heavy (non-hydrogen) atoms. The van der Waals surface area contributed by atoms with Crippen LogP contribution in [-0.4, -0.2) is 51.6 Å². The summed E-state index contributed by atoms with van der Waals surface area (Å²) >= 11 is 0. The first-order chi connectivity index (χ1) is 11.7. The minimum absolute atomic E-state index is 0.0241. The van der Waals surface area contributed by atoms with E-state index in [1.165, 1.54) is 11.8 Å². The lowest BCUT2D eigenvalue weighted by Crippen LogP contribution is -2.41. The fraction of sp³-hybridized carbons (Fsp3) is 0.389. The number of likely N-dealkylation sites (tertiary alicyclic amines) is 1. The van der Waals surface area contributed by atoms with Crippen molar-refractivity contribution in [2.24, 2.45) is 5.92 Å². The van der Waals surface area contributed by atoms with E-state index < -0.39 is 0 Å². The minimum atomic E-state index is -0.243. The maximum Gasteiger partial charge on any atom is 0.271 e. The van der Waals surface area contributed by atoms with Gasteiger partial charge in [-0.05, 0) is 12.5 Å². The fourth-order valence-electron chi connectivity index (χ4n) is 3.03. The zero-order valence-electron chi connectivity index (χ0n) is 13.7. The van der Waals surface area contributed by atoms with Crippen molar-refractivity contribution in [2.75, 3.05) is 19.7 Å². The highest BCUT2D eigenvalue weighted by atomic mass is 16.3. The summed E-state index contributed by atoms with van der Waals surface area (Å²) in [4.78, 5) is 22.8. The van der Waals surface area contributed by atoms with Crippen molar-refractivity contribution in [3.8, 4) is 0 Å². The van der Waals surface area contributed by atoms with Crippen LogP contribution in [0.3, 0.4) is 0 Å².